The van der Waals surface area contributed by atoms with Crippen LogP contribution in [-0.4, -0.2) is 17.4 Å². The molecule has 6 unspecified atom stereocenters. The summed E-state index contributed by atoms with van der Waals surface area (Å²) in [7, 11) is 0. The summed E-state index contributed by atoms with van der Waals surface area (Å²) in [6.45, 7) is 2.15. The van der Waals surface area contributed by atoms with Crippen molar-refractivity contribution in [2.75, 3.05) is 0 Å². The van der Waals surface area contributed by atoms with E-state index < -0.39 is 0 Å². The number of ether oxygens (including phenoxy) is 1. The molecule has 0 amide bonds. The van der Waals surface area contributed by atoms with E-state index in [1.807, 2.05) is 12.2 Å². The van der Waals surface area contributed by atoms with E-state index in [2.05, 4.69) is 6.92 Å². The van der Waals surface area contributed by atoms with Gasteiger partial charge in [-0.25, -0.2) is 0 Å². The Bertz CT molecular complexity index is 521. The van der Waals surface area contributed by atoms with E-state index in [9.17, 15) is 9.59 Å². The molecule has 120 valence electrons. The zero-order valence-corrected chi connectivity index (χ0v) is 13.4. The number of rotatable bonds is 2. The Morgan fingerprint density at radius 1 is 1.18 bits per heavy atom. The molecule has 0 radical (unpaired) electrons. The van der Waals surface area contributed by atoms with Gasteiger partial charge in [-0.3, -0.25) is 9.59 Å². The standard InChI is InChI=1S/C19H26O3/c1-19(10-4-6-12-5-2-3-7-16(12)19)22-18(21)15-11-13-8-9-14(15)17(13)20/h8-9,12-16H,2-7,10-11H2,1H3. The number of ketones is 1. The molecule has 0 N–H and O–H groups in total. The largest absolute Gasteiger partial charge is 0.459 e. The number of carbonyl (C=O) groups excluding carboxylic acids is 2. The molecule has 4 aliphatic rings. The van der Waals surface area contributed by atoms with Gasteiger partial charge in [0.15, 0.2) is 0 Å². The molecule has 6 atom stereocenters. The van der Waals surface area contributed by atoms with E-state index in [1.165, 1.54) is 38.5 Å². The summed E-state index contributed by atoms with van der Waals surface area (Å²) < 4.78 is 6.11. The summed E-state index contributed by atoms with van der Waals surface area (Å²) in [5.74, 6) is 0.940. The van der Waals surface area contributed by atoms with Crippen LogP contribution < -0.4 is 0 Å². The Morgan fingerprint density at radius 2 is 1.95 bits per heavy atom. The molecule has 3 saturated carbocycles. The molecule has 0 saturated heterocycles. The first-order valence-electron chi connectivity index (χ1n) is 9.03. The minimum atomic E-state index is -0.297. The van der Waals surface area contributed by atoms with Crippen molar-refractivity contribution in [2.24, 2.45) is 29.6 Å². The van der Waals surface area contributed by atoms with E-state index in [4.69, 9.17) is 4.74 Å². The Balaban J connectivity index is 1.48. The number of esters is 1. The minimum absolute atomic E-state index is 0.0239. The second kappa shape index (κ2) is 5.21. The van der Waals surface area contributed by atoms with E-state index in [0.29, 0.717) is 12.3 Å². The van der Waals surface area contributed by atoms with Gasteiger partial charge in [-0.1, -0.05) is 31.4 Å². The fourth-order valence-corrected chi connectivity index (χ4v) is 5.57. The molecular formula is C19H26O3. The van der Waals surface area contributed by atoms with Crippen molar-refractivity contribution in [2.45, 2.75) is 63.9 Å². The predicted octanol–water partition coefficient (Wildman–Crippen LogP) is 3.67. The number of carbonyl (C=O) groups is 2. The SMILES string of the molecule is CC1(OC(=O)C2CC3C=CC2C3=O)CCCC2CCCCC21. The average Bonchev–Trinajstić information content (AvgIpc) is 3.03. The van der Waals surface area contributed by atoms with Crippen molar-refractivity contribution in [1.82, 2.24) is 0 Å². The third kappa shape index (κ3) is 2.16. The second-order valence-corrected chi connectivity index (χ2v) is 8.04. The average molecular weight is 302 g/mol. The lowest BCUT2D eigenvalue weighted by Crippen LogP contribution is -2.48. The summed E-state index contributed by atoms with van der Waals surface area (Å²) in [6, 6.07) is 0. The summed E-state index contributed by atoms with van der Waals surface area (Å²) >= 11 is 0. The first-order chi connectivity index (χ1) is 10.6. The number of hydrogen-bond acceptors (Lipinski definition) is 3. The fraction of sp³-hybridized carbons (Fsp3) is 0.789. The van der Waals surface area contributed by atoms with Gasteiger partial charge in [0.25, 0.3) is 0 Å². The minimum Gasteiger partial charge on any atom is -0.459 e. The van der Waals surface area contributed by atoms with Gasteiger partial charge < -0.3 is 4.74 Å². The van der Waals surface area contributed by atoms with E-state index >= 15 is 0 Å². The Hall–Kier alpha value is -1.12. The molecule has 3 fully saturated rings. The van der Waals surface area contributed by atoms with Crippen LogP contribution in [0.4, 0.5) is 0 Å². The Morgan fingerprint density at radius 3 is 2.68 bits per heavy atom. The lowest BCUT2D eigenvalue weighted by atomic mass is 9.63. The quantitative estimate of drug-likeness (QED) is 0.577. The molecule has 3 heteroatoms. The van der Waals surface area contributed by atoms with Crippen LogP contribution in [0.3, 0.4) is 0 Å². The Labute approximate surface area is 132 Å². The van der Waals surface area contributed by atoms with Gasteiger partial charge in [0, 0.05) is 17.8 Å². The number of fused-ring (bicyclic) bond motifs is 3. The highest BCUT2D eigenvalue weighted by molar-refractivity contribution is 5.96. The van der Waals surface area contributed by atoms with E-state index in [1.54, 1.807) is 0 Å². The highest BCUT2D eigenvalue weighted by Crippen LogP contribution is 2.49. The molecule has 0 aromatic rings. The van der Waals surface area contributed by atoms with Crippen LogP contribution >= 0.6 is 0 Å². The van der Waals surface area contributed by atoms with Gasteiger partial charge in [-0.2, -0.15) is 0 Å². The third-order valence-corrected chi connectivity index (χ3v) is 6.76. The maximum absolute atomic E-state index is 12.7. The molecule has 4 rings (SSSR count). The normalized spacial score (nSPS) is 46.6. The third-order valence-electron chi connectivity index (χ3n) is 6.76. The molecule has 0 aliphatic heterocycles. The molecule has 4 aliphatic carbocycles. The molecular weight excluding hydrogens is 276 g/mol. The van der Waals surface area contributed by atoms with Crippen LogP contribution in [0, 0.1) is 29.6 Å². The van der Waals surface area contributed by atoms with Crippen molar-refractivity contribution in [3.05, 3.63) is 12.2 Å². The maximum atomic E-state index is 12.7. The summed E-state index contributed by atoms with van der Waals surface area (Å²) in [6.07, 6.45) is 13.1. The van der Waals surface area contributed by atoms with Gasteiger partial charge >= 0.3 is 5.97 Å². The summed E-state index contributed by atoms with van der Waals surface area (Å²) in [5, 5.41) is 0. The fourth-order valence-electron chi connectivity index (χ4n) is 5.57. The van der Waals surface area contributed by atoms with E-state index in [-0.39, 0.29) is 35.1 Å². The van der Waals surface area contributed by atoms with Crippen molar-refractivity contribution in [3.8, 4) is 0 Å². The predicted molar refractivity (Wildman–Crippen MR) is 83.0 cm³/mol. The summed E-state index contributed by atoms with van der Waals surface area (Å²) in [5.41, 5.74) is -0.297. The monoisotopic (exact) mass is 302 g/mol. The molecule has 3 nitrogen and oxygen atoms in total. The van der Waals surface area contributed by atoms with Crippen molar-refractivity contribution < 1.29 is 14.3 Å². The highest BCUT2D eigenvalue weighted by atomic mass is 16.6. The van der Waals surface area contributed by atoms with E-state index in [0.717, 1.165) is 12.3 Å². The van der Waals surface area contributed by atoms with Gasteiger partial charge in [-0.05, 0) is 44.9 Å². The summed E-state index contributed by atoms with van der Waals surface area (Å²) in [4.78, 5) is 24.7. The second-order valence-electron chi connectivity index (χ2n) is 8.04. The van der Waals surface area contributed by atoms with Gasteiger partial charge in [-0.15, -0.1) is 0 Å². The smallest absolute Gasteiger partial charge is 0.310 e. The molecule has 0 heterocycles. The van der Waals surface area contributed by atoms with Crippen LogP contribution in [-0.2, 0) is 14.3 Å². The van der Waals surface area contributed by atoms with Crippen molar-refractivity contribution in [3.63, 3.8) is 0 Å². The van der Waals surface area contributed by atoms with Crippen LogP contribution in [0.25, 0.3) is 0 Å². The maximum Gasteiger partial charge on any atom is 0.310 e. The van der Waals surface area contributed by atoms with Crippen molar-refractivity contribution >= 4 is 11.8 Å². The first-order valence-corrected chi connectivity index (χ1v) is 9.03. The number of hydrogen-bond donors (Lipinski definition) is 0. The molecule has 22 heavy (non-hydrogen) atoms. The molecule has 0 aromatic heterocycles. The van der Waals surface area contributed by atoms with Gasteiger partial charge in [0.05, 0.1) is 5.92 Å². The topological polar surface area (TPSA) is 43.4 Å². The zero-order chi connectivity index (χ0) is 15.3. The number of Topliss-reactive ketones (excluding diaryl/α,β-unsaturated/α-hetero) is 1. The first kappa shape index (κ1) is 14.5. The van der Waals surface area contributed by atoms with Crippen LogP contribution in [0.2, 0.25) is 0 Å². The van der Waals surface area contributed by atoms with Crippen LogP contribution in [0.1, 0.15) is 58.3 Å². The molecule has 2 bridgehead atoms. The lowest BCUT2D eigenvalue weighted by molar-refractivity contribution is -0.180. The zero-order valence-electron chi connectivity index (χ0n) is 13.4. The Kier molecular flexibility index (Phi) is 3.43. The van der Waals surface area contributed by atoms with Crippen LogP contribution in [0.5, 0.6) is 0 Å². The van der Waals surface area contributed by atoms with Crippen LogP contribution in [0.15, 0.2) is 12.2 Å². The molecule has 0 aromatic carbocycles. The lowest BCUT2D eigenvalue weighted by Gasteiger charge is -2.48. The number of allylic oxidation sites excluding steroid dienone is 2. The van der Waals surface area contributed by atoms with Gasteiger partial charge in [0.2, 0.25) is 0 Å². The van der Waals surface area contributed by atoms with Crippen molar-refractivity contribution in [1.29, 1.82) is 0 Å². The molecule has 0 spiro atoms. The highest BCUT2D eigenvalue weighted by Gasteiger charge is 2.51. The van der Waals surface area contributed by atoms with Gasteiger partial charge in [0.1, 0.15) is 11.4 Å².